The fourth-order valence-electron chi connectivity index (χ4n) is 1.03. The molecule has 0 aliphatic carbocycles. The summed E-state index contributed by atoms with van der Waals surface area (Å²) in [7, 11) is 0. The van der Waals surface area contributed by atoms with Crippen molar-refractivity contribution in [2.45, 2.75) is 19.3 Å². The lowest BCUT2D eigenvalue weighted by molar-refractivity contribution is -0.144. The molecule has 80 valence electrons. The molecule has 0 saturated carbocycles. The van der Waals surface area contributed by atoms with Crippen LogP contribution in [0, 0.1) is 4.64 Å². The quantitative estimate of drug-likeness (QED) is 0.436. The van der Waals surface area contributed by atoms with E-state index >= 15 is 0 Å². The monoisotopic (exact) mass is 223 g/mol. The minimum absolute atomic E-state index is 0.279. The predicted octanol–water partition coefficient (Wildman–Crippen LogP) is 2.53. The van der Waals surface area contributed by atoms with Crippen LogP contribution in [0.4, 0.5) is 0 Å². The van der Waals surface area contributed by atoms with E-state index in [9.17, 15) is 4.79 Å². The molecule has 0 fully saturated rings. The maximum Gasteiger partial charge on any atom is 0.332 e. The Labute approximate surface area is 93.9 Å². The topological polar surface area (TPSA) is 31.2 Å². The SMILES string of the molecule is C=CCCCC(=O)On1ccccc1=S. The van der Waals surface area contributed by atoms with Crippen molar-refractivity contribution in [3.05, 3.63) is 41.7 Å². The maximum absolute atomic E-state index is 11.3. The first-order valence-electron chi connectivity index (χ1n) is 4.74. The lowest BCUT2D eigenvalue weighted by Gasteiger charge is -2.05. The Morgan fingerprint density at radius 3 is 3.07 bits per heavy atom. The number of nitrogens with zero attached hydrogens (tertiary/aromatic N) is 1. The normalized spacial score (nSPS) is 9.60. The number of hydrogen-bond acceptors (Lipinski definition) is 3. The first kappa shape index (κ1) is 11.7. The van der Waals surface area contributed by atoms with Gasteiger partial charge in [-0.2, -0.15) is 4.73 Å². The van der Waals surface area contributed by atoms with Crippen LogP contribution in [0.1, 0.15) is 19.3 Å². The van der Waals surface area contributed by atoms with Crippen LogP contribution in [-0.2, 0) is 4.79 Å². The molecule has 0 N–H and O–H groups in total. The Balaban J connectivity index is 2.48. The van der Waals surface area contributed by atoms with Gasteiger partial charge < -0.3 is 4.84 Å². The number of allylic oxidation sites excluding steroid dienone is 1. The van der Waals surface area contributed by atoms with E-state index in [4.69, 9.17) is 17.1 Å². The van der Waals surface area contributed by atoms with Crippen molar-refractivity contribution in [3.8, 4) is 0 Å². The summed E-state index contributed by atoms with van der Waals surface area (Å²) in [5.74, 6) is -0.279. The highest BCUT2D eigenvalue weighted by Crippen LogP contribution is 1.97. The van der Waals surface area contributed by atoms with E-state index in [1.54, 1.807) is 30.5 Å². The van der Waals surface area contributed by atoms with E-state index in [1.807, 2.05) is 0 Å². The Hall–Kier alpha value is -1.42. The summed E-state index contributed by atoms with van der Waals surface area (Å²) in [5, 5.41) is 0. The van der Waals surface area contributed by atoms with Gasteiger partial charge in [0.2, 0.25) is 0 Å². The highest BCUT2D eigenvalue weighted by Gasteiger charge is 2.03. The van der Waals surface area contributed by atoms with Gasteiger partial charge >= 0.3 is 5.97 Å². The van der Waals surface area contributed by atoms with Crippen molar-refractivity contribution in [2.24, 2.45) is 0 Å². The molecule has 0 aliphatic heterocycles. The Morgan fingerprint density at radius 1 is 1.60 bits per heavy atom. The summed E-state index contributed by atoms with van der Waals surface area (Å²) >= 11 is 4.98. The third-order valence-corrected chi connectivity index (χ3v) is 2.09. The second-order valence-electron chi connectivity index (χ2n) is 3.01. The number of carbonyl (C=O) groups is 1. The maximum atomic E-state index is 11.3. The zero-order valence-corrected chi connectivity index (χ0v) is 9.20. The Kier molecular flexibility index (Phi) is 4.77. The third kappa shape index (κ3) is 4.08. The lowest BCUT2D eigenvalue weighted by atomic mass is 10.2. The molecule has 0 atom stereocenters. The van der Waals surface area contributed by atoms with Gasteiger partial charge in [0.25, 0.3) is 0 Å². The molecule has 3 nitrogen and oxygen atoms in total. The largest absolute Gasteiger partial charge is 0.336 e. The molecule has 15 heavy (non-hydrogen) atoms. The molecule has 4 heteroatoms. The van der Waals surface area contributed by atoms with E-state index in [2.05, 4.69) is 6.58 Å². The highest BCUT2D eigenvalue weighted by molar-refractivity contribution is 7.71. The van der Waals surface area contributed by atoms with Gasteiger partial charge in [0.15, 0.2) is 0 Å². The zero-order valence-electron chi connectivity index (χ0n) is 8.39. The fraction of sp³-hybridized carbons (Fsp3) is 0.273. The van der Waals surface area contributed by atoms with Crippen molar-refractivity contribution >= 4 is 18.2 Å². The number of pyridine rings is 1. The molecular formula is C11H13NO2S. The molecule has 1 aromatic heterocycles. The van der Waals surface area contributed by atoms with Crippen molar-refractivity contribution in [3.63, 3.8) is 0 Å². The lowest BCUT2D eigenvalue weighted by Crippen LogP contribution is -2.19. The molecule has 0 spiro atoms. The van der Waals surface area contributed by atoms with Gasteiger partial charge in [-0.1, -0.05) is 24.4 Å². The van der Waals surface area contributed by atoms with Gasteiger partial charge in [-0.25, -0.2) is 4.79 Å². The van der Waals surface area contributed by atoms with Crippen LogP contribution in [0.15, 0.2) is 37.1 Å². The van der Waals surface area contributed by atoms with E-state index in [0.29, 0.717) is 11.1 Å². The highest BCUT2D eigenvalue weighted by atomic mass is 32.1. The molecule has 1 rings (SSSR count). The molecule has 0 aromatic carbocycles. The average molecular weight is 223 g/mol. The average Bonchev–Trinajstić information content (AvgIpc) is 2.22. The Bertz CT molecular complexity index is 398. The zero-order chi connectivity index (χ0) is 11.1. The number of rotatable bonds is 5. The second kappa shape index (κ2) is 6.14. The standard InChI is InChI=1S/C11H13NO2S/c1-2-3-4-8-11(13)14-12-9-6-5-7-10(12)15/h2,5-7,9H,1,3-4,8H2. The van der Waals surface area contributed by atoms with E-state index in [-0.39, 0.29) is 5.97 Å². The van der Waals surface area contributed by atoms with Gasteiger partial charge in [0.05, 0.1) is 0 Å². The van der Waals surface area contributed by atoms with Crippen LogP contribution in [-0.4, -0.2) is 10.7 Å². The fourth-order valence-corrected chi connectivity index (χ4v) is 1.21. The number of aromatic nitrogens is 1. The summed E-state index contributed by atoms with van der Waals surface area (Å²) in [5.41, 5.74) is 0. The minimum atomic E-state index is -0.279. The van der Waals surface area contributed by atoms with Crippen molar-refractivity contribution in [1.29, 1.82) is 0 Å². The molecule has 0 unspecified atom stereocenters. The minimum Gasteiger partial charge on any atom is -0.336 e. The summed E-state index contributed by atoms with van der Waals surface area (Å²) in [6.07, 6.45) is 5.34. The summed E-state index contributed by atoms with van der Waals surface area (Å²) < 4.78 is 1.78. The molecule has 0 aliphatic rings. The molecular weight excluding hydrogens is 210 g/mol. The van der Waals surface area contributed by atoms with Crippen LogP contribution in [0.2, 0.25) is 0 Å². The van der Waals surface area contributed by atoms with Gasteiger partial charge in [0.1, 0.15) is 4.64 Å². The second-order valence-corrected chi connectivity index (χ2v) is 3.43. The smallest absolute Gasteiger partial charge is 0.332 e. The van der Waals surface area contributed by atoms with Gasteiger partial charge in [-0.3, -0.25) is 0 Å². The summed E-state index contributed by atoms with van der Waals surface area (Å²) in [6.45, 7) is 3.58. The molecule has 1 aromatic rings. The third-order valence-electron chi connectivity index (χ3n) is 1.78. The predicted molar refractivity (Wildman–Crippen MR) is 60.9 cm³/mol. The van der Waals surface area contributed by atoms with Crippen LogP contribution < -0.4 is 4.84 Å². The Morgan fingerprint density at radius 2 is 2.40 bits per heavy atom. The van der Waals surface area contributed by atoms with Crippen LogP contribution in [0.25, 0.3) is 0 Å². The van der Waals surface area contributed by atoms with Crippen molar-refractivity contribution < 1.29 is 9.63 Å². The number of hydrogen-bond donors (Lipinski definition) is 0. The first-order valence-corrected chi connectivity index (χ1v) is 5.14. The molecule has 0 amide bonds. The number of unbranched alkanes of at least 4 members (excludes halogenated alkanes) is 1. The van der Waals surface area contributed by atoms with Gasteiger partial charge in [-0.05, 0) is 25.0 Å². The summed E-state index contributed by atoms with van der Waals surface area (Å²) in [6, 6.07) is 5.25. The molecule has 0 saturated heterocycles. The molecule has 0 radical (unpaired) electrons. The number of carbonyl (C=O) groups excluding carboxylic acids is 1. The van der Waals surface area contributed by atoms with Crippen molar-refractivity contribution in [2.75, 3.05) is 0 Å². The first-order chi connectivity index (χ1) is 7.24. The molecule has 0 bridgehead atoms. The van der Waals surface area contributed by atoms with Crippen molar-refractivity contribution in [1.82, 2.24) is 4.73 Å². The van der Waals surface area contributed by atoms with E-state index < -0.39 is 0 Å². The van der Waals surface area contributed by atoms with Crippen LogP contribution in [0.3, 0.4) is 0 Å². The van der Waals surface area contributed by atoms with E-state index in [0.717, 1.165) is 12.8 Å². The van der Waals surface area contributed by atoms with Gasteiger partial charge in [0, 0.05) is 12.6 Å². The molecule has 1 heterocycles. The van der Waals surface area contributed by atoms with Crippen LogP contribution >= 0.6 is 12.2 Å². The van der Waals surface area contributed by atoms with E-state index in [1.165, 1.54) is 4.73 Å². The van der Waals surface area contributed by atoms with Crippen LogP contribution in [0.5, 0.6) is 0 Å². The summed E-state index contributed by atoms with van der Waals surface area (Å²) in [4.78, 5) is 16.3. The van der Waals surface area contributed by atoms with Gasteiger partial charge in [-0.15, -0.1) is 6.58 Å².